The van der Waals surface area contributed by atoms with E-state index in [1.165, 1.54) is 11.3 Å². The molecule has 0 saturated carbocycles. The Morgan fingerprint density at radius 3 is 3.06 bits per heavy atom. The molecule has 90 valence electrons. The summed E-state index contributed by atoms with van der Waals surface area (Å²) in [6.07, 6.45) is 1.89. The topological polar surface area (TPSA) is 36.3 Å². The van der Waals surface area contributed by atoms with Gasteiger partial charge in [-0.2, -0.15) is 5.26 Å². The van der Waals surface area contributed by atoms with Gasteiger partial charge in [0.1, 0.15) is 5.75 Å². The molecule has 17 heavy (non-hydrogen) atoms. The molecule has 1 aromatic rings. The van der Waals surface area contributed by atoms with Gasteiger partial charge in [-0.1, -0.05) is 6.92 Å². The molecule has 1 atom stereocenters. The van der Waals surface area contributed by atoms with Crippen molar-refractivity contribution in [3.05, 3.63) is 23.8 Å². The van der Waals surface area contributed by atoms with Gasteiger partial charge in [0.2, 0.25) is 0 Å². The second-order valence-electron chi connectivity index (χ2n) is 4.51. The second-order valence-corrected chi connectivity index (χ2v) is 4.51. The summed E-state index contributed by atoms with van der Waals surface area (Å²) in [5, 5.41) is 8.98. The normalized spacial score (nSPS) is 14.6. The zero-order valence-corrected chi connectivity index (χ0v) is 10.4. The van der Waals surface area contributed by atoms with E-state index in [1.807, 2.05) is 13.1 Å². The largest absolute Gasteiger partial charge is 0.493 e. The summed E-state index contributed by atoms with van der Waals surface area (Å²) in [6, 6.07) is 8.60. The van der Waals surface area contributed by atoms with E-state index in [0.717, 1.165) is 31.7 Å². The smallest absolute Gasteiger partial charge is 0.122 e. The first kappa shape index (κ1) is 11.8. The molecule has 0 amide bonds. The quantitative estimate of drug-likeness (QED) is 0.797. The standard InChI is InChI=1S/C14H18N2O/c1-3-11(9-15)10-16(2)13-4-5-14-12(8-13)6-7-17-14/h4-5,8,11H,3,6-7,10H2,1-2H3. The number of rotatable bonds is 4. The third-order valence-electron chi connectivity index (χ3n) is 3.28. The number of fused-ring (bicyclic) bond motifs is 1. The first-order valence-corrected chi connectivity index (χ1v) is 6.11. The van der Waals surface area contributed by atoms with Crippen LogP contribution in [-0.2, 0) is 6.42 Å². The Labute approximate surface area is 103 Å². The molecule has 0 spiro atoms. The molecule has 1 heterocycles. The summed E-state index contributed by atoms with van der Waals surface area (Å²) < 4.78 is 5.49. The Bertz CT molecular complexity index is 436. The molecule has 3 heteroatoms. The van der Waals surface area contributed by atoms with Gasteiger partial charge >= 0.3 is 0 Å². The minimum absolute atomic E-state index is 0.101. The predicted octanol–water partition coefficient (Wildman–Crippen LogP) is 2.61. The molecule has 1 unspecified atom stereocenters. The number of hydrogen-bond acceptors (Lipinski definition) is 3. The molecule has 3 nitrogen and oxygen atoms in total. The van der Waals surface area contributed by atoms with Crippen LogP contribution in [0.2, 0.25) is 0 Å². The van der Waals surface area contributed by atoms with Crippen LogP contribution in [0.4, 0.5) is 5.69 Å². The highest BCUT2D eigenvalue weighted by atomic mass is 16.5. The molecule has 1 aliphatic rings. The summed E-state index contributed by atoms with van der Waals surface area (Å²) in [5.74, 6) is 1.11. The third-order valence-corrected chi connectivity index (χ3v) is 3.28. The van der Waals surface area contributed by atoms with Crippen LogP contribution in [0, 0.1) is 17.2 Å². The lowest BCUT2D eigenvalue weighted by molar-refractivity contribution is 0.357. The lowest BCUT2D eigenvalue weighted by Gasteiger charge is -2.22. The maximum atomic E-state index is 8.98. The minimum Gasteiger partial charge on any atom is -0.493 e. The van der Waals surface area contributed by atoms with E-state index in [4.69, 9.17) is 10.00 Å². The van der Waals surface area contributed by atoms with Crippen molar-refractivity contribution in [1.29, 1.82) is 5.26 Å². The molecule has 0 aliphatic carbocycles. The van der Waals surface area contributed by atoms with Crippen LogP contribution in [0.25, 0.3) is 0 Å². The predicted molar refractivity (Wildman–Crippen MR) is 68.3 cm³/mol. The van der Waals surface area contributed by atoms with Gasteiger partial charge in [-0.25, -0.2) is 0 Å². The summed E-state index contributed by atoms with van der Waals surface area (Å²) >= 11 is 0. The van der Waals surface area contributed by atoms with Crippen molar-refractivity contribution >= 4 is 5.69 Å². The van der Waals surface area contributed by atoms with Crippen molar-refractivity contribution in [2.24, 2.45) is 5.92 Å². The molecule has 1 aromatic carbocycles. The molecule has 2 rings (SSSR count). The molecular formula is C14H18N2O. The number of hydrogen-bond donors (Lipinski definition) is 0. The maximum absolute atomic E-state index is 8.98. The van der Waals surface area contributed by atoms with Gasteiger partial charge in [0.15, 0.2) is 0 Å². The number of nitriles is 1. The Hall–Kier alpha value is -1.69. The molecule has 0 N–H and O–H groups in total. The van der Waals surface area contributed by atoms with Crippen LogP contribution in [0.3, 0.4) is 0 Å². The number of benzene rings is 1. The fourth-order valence-corrected chi connectivity index (χ4v) is 2.11. The van der Waals surface area contributed by atoms with Crippen LogP contribution >= 0.6 is 0 Å². The zero-order valence-electron chi connectivity index (χ0n) is 10.4. The molecule has 0 radical (unpaired) electrons. The SMILES string of the molecule is CCC(C#N)CN(C)c1ccc2c(c1)CCO2. The average Bonchev–Trinajstić information content (AvgIpc) is 2.82. The lowest BCUT2D eigenvalue weighted by atomic mass is 10.1. The average molecular weight is 230 g/mol. The van der Waals surface area contributed by atoms with Gasteiger partial charge in [0.25, 0.3) is 0 Å². The molecular weight excluding hydrogens is 212 g/mol. The van der Waals surface area contributed by atoms with E-state index in [2.05, 4.69) is 30.0 Å². The van der Waals surface area contributed by atoms with Gasteiger partial charge in [0.05, 0.1) is 18.6 Å². The van der Waals surface area contributed by atoms with Crippen LogP contribution in [-0.4, -0.2) is 20.2 Å². The van der Waals surface area contributed by atoms with Crippen molar-refractivity contribution < 1.29 is 4.74 Å². The van der Waals surface area contributed by atoms with E-state index in [0.29, 0.717) is 0 Å². The Morgan fingerprint density at radius 1 is 1.53 bits per heavy atom. The van der Waals surface area contributed by atoms with E-state index in [9.17, 15) is 0 Å². The molecule has 1 aliphatic heterocycles. The number of ether oxygens (including phenoxy) is 1. The molecule has 0 aromatic heterocycles. The monoisotopic (exact) mass is 230 g/mol. The molecule has 0 saturated heterocycles. The lowest BCUT2D eigenvalue weighted by Crippen LogP contribution is -2.24. The number of nitrogens with zero attached hydrogens (tertiary/aromatic N) is 2. The summed E-state index contributed by atoms with van der Waals surface area (Å²) in [7, 11) is 2.04. The van der Waals surface area contributed by atoms with Crippen molar-refractivity contribution in [3.63, 3.8) is 0 Å². The minimum atomic E-state index is 0.101. The van der Waals surface area contributed by atoms with Gasteiger partial charge in [-0.3, -0.25) is 0 Å². The number of anilines is 1. The highest BCUT2D eigenvalue weighted by Crippen LogP contribution is 2.29. The maximum Gasteiger partial charge on any atom is 0.122 e. The van der Waals surface area contributed by atoms with Crippen molar-refractivity contribution in [3.8, 4) is 11.8 Å². The highest BCUT2D eigenvalue weighted by molar-refractivity contribution is 5.54. The van der Waals surface area contributed by atoms with E-state index in [1.54, 1.807) is 0 Å². The Kier molecular flexibility index (Phi) is 3.53. The van der Waals surface area contributed by atoms with Gasteiger partial charge in [-0.05, 0) is 30.2 Å². The second kappa shape index (κ2) is 5.09. The molecule has 0 fully saturated rings. The van der Waals surface area contributed by atoms with Crippen molar-refractivity contribution in [2.45, 2.75) is 19.8 Å². The summed E-state index contributed by atoms with van der Waals surface area (Å²) in [4.78, 5) is 2.15. The van der Waals surface area contributed by atoms with Gasteiger partial charge in [0, 0.05) is 25.7 Å². The molecule has 0 bridgehead atoms. The van der Waals surface area contributed by atoms with Gasteiger partial charge < -0.3 is 9.64 Å². The van der Waals surface area contributed by atoms with Gasteiger partial charge in [-0.15, -0.1) is 0 Å². The van der Waals surface area contributed by atoms with Crippen LogP contribution in [0.1, 0.15) is 18.9 Å². The summed E-state index contributed by atoms with van der Waals surface area (Å²) in [5.41, 5.74) is 2.45. The first-order valence-electron chi connectivity index (χ1n) is 6.11. The Morgan fingerprint density at radius 2 is 2.35 bits per heavy atom. The van der Waals surface area contributed by atoms with Crippen LogP contribution < -0.4 is 9.64 Å². The van der Waals surface area contributed by atoms with Crippen LogP contribution in [0.5, 0.6) is 5.75 Å². The highest BCUT2D eigenvalue weighted by Gasteiger charge is 2.15. The fraction of sp³-hybridized carbons (Fsp3) is 0.500. The zero-order chi connectivity index (χ0) is 12.3. The van der Waals surface area contributed by atoms with E-state index < -0.39 is 0 Å². The van der Waals surface area contributed by atoms with Crippen molar-refractivity contribution in [1.82, 2.24) is 0 Å². The van der Waals surface area contributed by atoms with Crippen molar-refractivity contribution in [2.75, 3.05) is 25.1 Å². The van der Waals surface area contributed by atoms with E-state index >= 15 is 0 Å². The summed E-state index contributed by atoms with van der Waals surface area (Å²) in [6.45, 7) is 3.63. The van der Waals surface area contributed by atoms with Crippen LogP contribution in [0.15, 0.2) is 18.2 Å². The Balaban J connectivity index is 2.09. The third kappa shape index (κ3) is 2.52. The van der Waals surface area contributed by atoms with E-state index in [-0.39, 0.29) is 5.92 Å². The first-order chi connectivity index (χ1) is 8.24. The fourth-order valence-electron chi connectivity index (χ4n) is 2.11.